The lowest BCUT2D eigenvalue weighted by molar-refractivity contribution is 0.462. The molecule has 0 spiro atoms. The summed E-state index contributed by atoms with van der Waals surface area (Å²) < 4.78 is 5.51. The summed E-state index contributed by atoms with van der Waals surface area (Å²) in [5.74, 6) is 1.94. The van der Waals surface area contributed by atoms with Crippen LogP contribution in [0, 0.1) is 6.92 Å². The number of benzene rings is 1. The SMILES string of the molecule is Cc1ccc(CNCc2ccc3cc[nH]c3c2)o1. The third kappa shape index (κ3) is 2.31. The Morgan fingerprint density at radius 2 is 2.06 bits per heavy atom. The van der Waals surface area contributed by atoms with Crippen molar-refractivity contribution in [3.63, 3.8) is 0 Å². The molecule has 3 aromatic rings. The molecule has 0 bridgehead atoms. The van der Waals surface area contributed by atoms with Gasteiger partial charge in [0.25, 0.3) is 0 Å². The van der Waals surface area contributed by atoms with E-state index in [4.69, 9.17) is 4.42 Å². The van der Waals surface area contributed by atoms with E-state index in [-0.39, 0.29) is 0 Å². The van der Waals surface area contributed by atoms with Crippen molar-refractivity contribution in [2.45, 2.75) is 20.0 Å². The minimum absolute atomic E-state index is 0.761. The molecule has 0 saturated carbocycles. The molecular weight excluding hydrogens is 224 g/mol. The standard InChI is InChI=1S/C15H16N2O/c1-11-2-5-14(18-11)10-16-9-12-3-4-13-6-7-17-15(13)8-12/h2-8,16-17H,9-10H2,1H3. The summed E-state index contributed by atoms with van der Waals surface area (Å²) in [7, 11) is 0. The van der Waals surface area contributed by atoms with Crippen molar-refractivity contribution in [3.05, 3.63) is 59.7 Å². The Hall–Kier alpha value is -2.00. The van der Waals surface area contributed by atoms with Crippen molar-refractivity contribution in [1.82, 2.24) is 10.3 Å². The Labute approximate surface area is 106 Å². The quantitative estimate of drug-likeness (QED) is 0.734. The average molecular weight is 240 g/mol. The van der Waals surface area contributed by atoms with Crippen LogP contribution in [0.1, 0.15) is 17.1 Å². The second-order valence-electron chi connectivity index (χ2n) is 4.52. The topological polar surface area (TPSA) is 41.0 Å². The normalized spacial score (nSPS) is 11.2. The summed E-state index contributed by atoms with van der Waals surface area (Å²) in [5.41, 5.74) is 2.45. The summed E-state index contributed by atoms with van der Waals surface area (Å²) in [5, 5.41) is 4.63. The smallest absolute Gasteiger partial charge is 0.117 e. The first-order valence-corrected chi connectivity index (χ1v) is 6.13. The molecule has 3 nitrogen and oxygen atoms in total. The molecule has 0 aliphatic rings. The van der Waals surface area contributed by atoms with Gasteiger partial charge in [-0.3, -0.25) is 0 Å². The second-order valence-corrected chi connectivity index (χ2v) is 4.52. The van der Waals surface area contributed by atoms with Crippen LogP contribution in [-0.4, -0.2) is 4.98 Å². The fourth-order valence-corrected chi connectivity index (χ4v) is 2.12. The van der Waals surface area contributed by atoms with Gasteiger partial charge in [0.15, 0.2) is 0 Å². The molecule has 0 fully saturated rings. The van der Waals surface area contributed by atoms with Crippen LogP contribution in [0.5, 0.6) is 0 Å². The van der Waals surface area contributed by atoms with E-state index in [1.54, 1.807) is 0 Å². The van der Waals surface area contributed by atoms with E-state index in [0.717, 1.165) is 24.6 Å². The molecule has 92 valence electrons. The average Bonchev–Trinajstić information content (AvgIpc) is 2.97. The van der Waals surface area contributed by atoms with Crippen LogP contribution in [-0.2, 0) is 13.1 Å². The van der Waals surface area contributed by atoms with Gasteiger partial charge in [-0.25, -0.2) is 0 Å². The molecule has 0 radical (unpaired) electrons. The lowest BCUT2D eigenvalue weighted by Gasteiger charge is -2.03. The third-order valence-electron chi connectivity index (χ3n) is 3.04. The number of hydrogen-bond acceptors (Lipinski definition) is 2. The molecule has 0 amide bonds. The van der Waals surface area contributed by atoms with Gasteiger partial charge in [0, 0.05) is 18.3 Å². The summed E-state index contributed by atoms with van der Waals surface area (Å²) in [6.45, 7) is 3.56. The largest absolute Gasteiger partial charge is 0.465 e. The Bertz CT molecular complexity index is 651. The van der Waals surface area contributed by atoms with Crippen LogP contribution in [0.25, 0.3) is 10.9 Å². The van der Waals surface area contributed by atoms with Gasteiger partial charge in [-0.15, -0.1) is 0 Å². The fourth-order valence-electron chi connectivity index (χ4n) is 2.12. The van der Waals surface area contributed by atoms with Gasteiger partial charge in [-0.1, -0.05) is 12.1 Å². The molecule has 0 unspecified atom stereocenters. The van der Waals surface area contributed by atoms with E-state index in [0.29, 0.717) is 0 Å². The van der Waals surface area contributed by atoms with Crippen molar-refractivity contribution in [3.8, 4) is 0 Å². The van der Waals surface area contributed by atoms with Gasteiger partial charge in [-0.05, 0) is 42.1 Å². The number of H-pyrrole nitrogens is 1. The summed E-state index contributed by atoms with van der Waals surface area (Å²) in [6.07, 6.45) is 1.97. The predicted molar refractivity (Wildman–Crippen MR) is 72.3 cm³/mol. The van der Waals surface area contributed by atoms with Crippen LogP contribution >= 0.6 is 0 Å². The number of nitrogens with one attached hydrogen (secondary N) is 2. The van der Waals surface area contributed by atoms with E-state index >= 15 is 0 Å². The third-order valence-corrected chi connectivity index (χ3v) is 3.04. The van der Waals surface area contributed by atoms with E-state index in [1.807, 2.05) is 25.3 Å². The molecule has 2 N–H and O–H groups in total. The molecule has 0 saturated heterocycles. The minimum Gasteiger partial charge on any atom is -0.465 e. The van der Waals surface area contributed by atoms with Crippen molar-refractivity contribution in [2.24, 2.45) is 0 Å². The zero-order chi connectivity index (χ0) is 12.4. The Balaban J connectivity index is 1.62. The van der Waals surface area contributed by atoms with E-state index in [9.17, 15) is 0 Å². The molecule has 18 heavy (non-hydrogen) atoms. The highest BCUT2D eigenvalue weighted by Gasteiger charge is 2.00. The summed E-state index contributed by atoms with van der Waals surface area (Å²) in [4.78, 5) is 3.23. The highest BCUT2D eigenvalue weighted by Crippen LogP contribution is 2.14. The van der Waals surface area contributed by atoms with Gasteiger partial charge in [0.05, 0.1) is 6.54 Å². The van der Waals surface area contributed by atoms with Crippen molar-refractivity contribution >= 4 is 10.9 Å². The molecular formula is C15H16N2O. The number of aryl methyl sites for hydroxylation is 1. The number of furan rings is 1. The Morgan fingerprint density at radius 1 is 1.11 bits per heavy atom. The van der Waals surface area contributed by atoms with Crippen LogP contribution in [0.15, 0.2) is 47.0 Å². The Kier molecular flexibility index (Phi) is 2.90. The van der Waals surface area contributed by atoms with Crippen molar-refractivity contribution < 1.29 is 4.42 Å². The molecule has 0 aliphatic carbocycles. The van der Waals surface area contributed by atoms with E-state index in [1.165, 1.54) is 16.5 Å². The fraction of sp³-hybridized carbons (Fsp3) is 0.200. The molecule has 0 atom stereocenters. The van der Waals surface area contributed by atoms with E-state index < -0.39 is 0 Å². The van der Waals surface area contributed by atoms with Crippen LogP contribution < -0.4 is 5.32 Å². The first kappa shape index (κ1) is 11.1. The Morgan fingerprint density at radius 3 is 2.89 bits per heavy atom. The van der Waals surface area contributed by atoms with Crippen molar-refractivity contribution in [1.29, 1.82) is 0 Å². The summed E-state index contributed by atoms with van der Waals surface area (Å²) >= 11 is 0. The highest BCUT2D eigenvalue weighted by molar-refractivity contribution is 5.79. The zero-order valence-electron chi connectivity index (χ0n) is 10.4. The summed E-state index contributed by atoms with van der Waals surface area (Å²) in [6, 6.07) is 12.5. The lowest BCUT2D eigenvalue weighted by atomic mass is 10.1. The maximum Gasteiger partial charge on any atom is 0.117 e. The molecule has 3 heteroatoms. The van der Waals surface area contributed by atoms with Crippen LogP contribution in [0.4, 0.5) is 0 Å². The maximum absolute atomic E-state index is 5.51. The number of aromatic nitrogens is 1. The van der Waals surface area contributed by atoms with Gasteiger partial charge in [-0.2, -0.15) is 0 Å². The van der Waals surface area contributed by atoms with E-state index in [2.05, 4.69) is 34.6 Å². The van der Waals surface area contributed by atoms with Gasteiger partial charge < -0.3 is 14.7 Å². The van der Waals surface area contributed by atoms with Gasteiger partial charge in [0.1, 0.15) is 11.5 Å². The molecule has 3 rings (SSSR count). The van der Waals surface area contributed by atoms with Crippen molar-refractivity contribution in [2.75, 3.05) is 0 Å². The zero-order valence-corrected chi connectivity index (χ0v) is 10.4. The van der Waals surface area contributed by atoms with Gasteiger partial charge >= 0.3 is 0 Å². The second kappa shape index (κ2) is 4.70. The lowest BCUT2D eigenvalue weighted by Crippen LogP contribution is -2.11. The van der Waals surface area contributed by atoms with Gasteiger partial charge in [0.2, 0.25) is 0 Å². The maximum atomic E-state index is 5.51. The monoisotopic (exact) mass is 240 g/mol. The predicted octanol–water partition coefficient (Wildman–Crippen LogP) is 3.36. The molecule has 2 heterocycles. The molecule has 2 aromatic heterocycles. The number of aromatic amines is 1. The number of fused-ring (bicyclic) bond motifs is 1. The number of rotatable bonds is 4. The number of hydrogen-bond donors (Lipinski definition) is 2. The molecule has 0 aliphatic heterocycles. The van der Waals surface area contributed by atoms with Crippen LogP contribution in [0.2, 0.25) is 0 Å². The first-order chi connectivity index (χ1) is 8.81. The minimum atomic E-state index is 0.761. The highest BCUT2D eigenvalue weighted by atomic mass is 16.3. The molecule has 1 aromatic carbocycles. The van der Waals surface area contributed by atoms with Crippen LogP contribution in [0.3, 0.4) is 0 Å². The first-order valence-electron chi connectivity index (χ1n) is 6.13.